The van der Waals surface area contributed by atoms with E-state index in [1.165, 1.54) is 29.7 Å². The second kappa shape index (κ2) is 9.75. The summed E-state index contributed by atoms with van der Waals surface area (Å²) >= 11 is 1.40. The maximum Gasteiger partial charge on any atom is 0.348 e. The summed E-state index contributed by atoms with van der Waals surface area (Å²) < 4.78 is 10.8. The minimum atomic E-state index is -0.291. The number of hydrogen-bond donors (Lipinski definition) is 1. The number of anilines is 1. The fraction of sp³-hybridized carbons (Fsp3) is 0.480. The minimum Gasteiger partial charge on any atom is -0.462 e. The van der Waals surface area contributed by atoms with Gasteiger partial charge in [0.15, 0.2) is 0 Å². The molecule has 1 aliphatic carbocycles. The van der Waals surface area contributed by atoms with Gasteiger partial charge in [-0.05, 0) is 43.7 Å². The van der Waals surface area contributed by atoms with Crippen LogP contribution in [0.3, 0.4) is 0 Å². The van der Waals surface area contributed by atoms with Crippen LogP contribution in [-0.2, 0) is 16.0 Å². The molecule has 2 aromatic heterocycles. The van der Waals surface area contributed by atoms with Gasteiger partial charge in [0.05, 0.1) is 37.8 Å². The van der Waals surface area contributed by atoms with Crippen molar-refractivity contribution in [2.75, 3.05) is 38.2 Å². The summed E-state index contributed by atoms with van der Waals surface area (Å²) in [4.78, 5) is 26.2. The molecule has 5 rings (SSSR count). The Kier molecular flexibility index (Phi) is 6.57. The summed E-state index contributed by atoms with van der Waals surface area (Å²) in [5.74, 6) is 1.88. The predicted octanol–water partition coefficient (Wildman–Crippen LogP) is 4.57. The van der Waals surface area contributed by atoms with Crippen molar-refractivity contribution in [2.45, 2.75) is 39.3 Å². The van der Waals surface area contributed by atoms with E-state index in [9.17, 15) is 4.79 Å². The third-order valence-electron chi connectivity index (χ3n) is 6.31. The van der Waals surface area contributed by atoms with Crippen LogP contribution in [0.15, 0.2) is 30.3 Å². The van der Waals surface area contributed by atoms with E-state index in [2.05, 4.69) is 34.5 Å². The summed E-state index contributed by atoms with van der Waals surface area (Å²) in [6, 6.07) is 10.7. The molecule has 3 heterocycles. The Balaban J connectivity index is 1.55. The van der Waals surface area contributed by atoms with Crippen molar-refractivity contribution in [3.63, 3.8) is 0 Å². The first kappa shape index (κ1) is 22.3. The Hall–Kier alpha value is -2.55. The summed E-state index contributed by atoms with van der Waals surface area (Å²) in [6.07, 6.45) is 2.41. The van der Waals surface area contributed by atoms with Crippen molar-refractivity contribution in [1.29, 1.82) is 0 Å². The van der Waals surface area contributed by atoms with Crippen molar-refractivity contribution in [3.05, 3.63) is 52.2 Å². The fourth-order valence-electron chi connectivity index (χ4n) is 4.42. The summed E-state index contributed by atoms with van der Waals surface area (Å²) in [5.41, 5.74) is 2.15. The van der Waals surface area contributed by atoms with Gasteiger partial charge in [0.2, 0.25) is 0 Å². The number of ether oxygens (including phenoxy) is 2. The molecule has 7 nitrogen and oxygen atoms in total. The molecule has 2 fully saturated rings. The Morgan fingerprint density at radius 2 is 2.00 bits per heavy atom. The lowest BCUT2D eigenvalue weighted by Gasteiger charge is -2.26. The molecule has 33 heavy (non-hydrogen) atoms. The second-order valence-electron chi connectivity index (χ2n) is 8.70. The van der Waals surface area contributed by atoms with Crippen molar-refractivity contribution in [1.82, 2.24) is 14.9 Å². The van der Waals surface area contributed by atoms with Crippen molar-refractivity contribution in [2.24, 2.45) is 5.92 Å². The zero-order valence-electron chi connectivity index (χ0n) is 19.2. The van der Waals surface area contributed by atoms with Crippen LogP contribution in [-0.4, -0.2) is 53.7 Å². The lowest BCUT2D eigenvalue weighted by molar-refractivity contribution is 0.0331. The van der Waals surface area contributed by atoms with Gasteiger partial charge in [0.25, 0.3) is 0 Å². The normalized spacial score (nSPS) is 17.8. The molecule has 1 atom stereocenters. The third-order valence-corrected chi connectivity index (χ3v) is 7.48. The number of carbonyl (C=O) groups excluding carboxylic acids is 1. The molecule has 1 saturated heterocycles. The van der Waals surface area contributed by atoms with E-state index in [-0.39, 0.29) is 12.0 Å². The van der Waals surface area contributed by atoms with Crippen molar-refractivity contribution < 1.29 is 14.3 Å². The molecule has 174 valence electrons. The summed E-state index contributed by atoms with van der Waals surface area (Å²) in [5, 5.41) is 4.69. The molecule has 3 aromatic rings. The molecule has 1 saturated carbocycles. The number of nitrogens with one attached hydrogen (secondary N) is 1. The quantitative estimate of drug-likeness (QED) is 0.487. The molecule has 8 heteroatoms. The highest BCUT2D eigenvalue weighted by Crippen LogP contribution is 2.44. The van der Waals surface area contributed by atoms with E-state index < -0.39 is 0 Å². The third kappa shape index (κ3) is 4.88. The number of thiophene rings is 1. The monoisotopic (exact) mass is 466 g/mol. The molecule has 1 N–H and O–H groups in total. The number of nitrogens with zero attached hydrogens (tertiary/aromatic N) is 3. The summed E-state index contributed by atoms with van der Waals surface area (Å²) in [7, 11) is 0. The lowest BCUT2D eigenvalue weighted by Crippen LogP contribution is -2.36. The number of aryl methyl sites for hydroxylation is 1. The Labute approximate surface area is 198 Å². The Morgan fingerprint density at radius 3 is 2.70 bits per heavy atom. The number of esters is 1. The van der Waals surface area contributed by atoms with E-state index in [1.54, 1.807) is 0 Å². The molecule has 1 unspecified atom stereocenters. The van der Waals surface area contributed by atoms with Crippen LogP contribution < -0.4 is 5.32 Å². The van der Waals surface area contributed by atoms with Crippen molar-refractivity contribution in [3.8, 4) is 0 Å². The summed E-state index contributed by atoms with van der Waals surface area (Å²) in [6.45, 7) is 8.02. The topological polar surface area (TPSA) is 76.6 Å². The van der Waals surface area contributed by atoms with Crippen LogP contribution in [0, 0.1) is 12.8 Å². The lowest BCUT2D eigenvalue weighted by atomic mass is 10.0. The van der Waals surface area contributed by atoms with Crippen LogP contribution in [0.1, 0.15) is 52.4 Å². The first-order valence-electron chi connectivity index (χ1n) is 11.7. The zero-order chi connectivity index (χ0) is 22.8. The van der Waals surface area contributed by atoms with Gasteiger partial charge >= 0.3 is 5.97 Å². The minimum absolute atomic E-state index is 0.186. The largest absolute Gasteiger partial charge is 0.462 e. The number of morpholine rings is 1. The van der Waals surface area contributed by atoms with Crippen LogP contribution in [0.25, 0.3) is 10.2 Å². The van der Waals surface area contributed by atoms with E-state index in [0.717, 1.165) is 53.7 Å². The molecular weight excluding hydrogens is 436 g/mol. The van der Waals surface area contributed by atoms with Crippen LogP contribution in [0.2, 0.25) is 0 Å². The molecule has 1 aliphatic heterocycles. The molecule has 2 aliphatic rings. The Morgan fingerprint density at radius 1 is 1.24 bits per heavy atom. The standard InChI is InChI=1S/C25H30N4O3S/c1-3-32-25(30)22-16(2)20-23(28-21(18-9-10-18)17-7-5-4-6-8-17)26-19(27-24(20)33-22)15-29-11-13-31-14-12-29/h4-8,18,21H,3,9-15H2,1-2H3,(H,26,27,28). The van der Waals surface area contributed by atoms with Gasteiger partial charge in [-0.15, -0.1) is 11.3 Å². The van der Waals surface area contributed by atoms with E-state index in [4.69, 9.17) is 19.4 Å². The molecule has 0 spiro atoms. The second-order valence-corrected chi connectivity index (χ2v) is 9.70. The average Bonchev–Trinajstić information content (AvgIpc) is 3.62. The smallest absolute Gasteiger partial charge is 0.348 e. The highest BCUT2D eigenvalue weighted by atomic mass is 32.1. The van der Waals surface area contributed by atoms with Gasteiger partial charge in [-0.2, -0.15) is 0 Å². The van der Waals surface area contributed by atoms with Gasteiger partial charge in [-0.3, -0.25) is 4.90 Å². The van der Waals surface area contributed by atoms with Gasteiger partial charge in [-0.1, -0.05) is 30.3 Å². The van der Waals surface area contributed by atoms with Crippen LogP contribution in [0.5, 0.6) is 0 Å². The fourth-order valence-corrected chi connectivity index (χ4v) is 5.51. The molecular formula is C25H30N4O3S. The van der Waals surface area contributed by atoms with Gasteiger partial charge in [0, 0.05) is 13.1 Å². The number of benzene rings is 1. The van der Waals surface area contributed by atoms with E-state index in [1.807, 2.05) is 19.9 Å². The highest BCUT2D eigenvalue weighted by molar-refractivity contribution is 7.20. The van der Waals surface area contributed by atoms with Gasteiger partial charge in [-0.25, -0.2) is 14.8 Å². The number of carbonyl (C=O) groups is 1. The SMILES string of the molecule is CCOC(=O)c1sc2nc(CN3CCOCC3)nc(NC(c3ccccc3)C3CC3)c2c1C. The zero-order valence-corrected chi connectivity index (χ0v) is 20.0. The number of aromatic nitrogens is 2. The number of rotatable bonds is 8. The number of hydrogen-bond acceptors (Lipinski definition) is 8. The predicted molar refractivity (Wildman–Crippen MR) is 130 cm³/mol. The van der Waals surface area contributed by atoms with Crippen LogP contribution in [0.4, 0.5) is 5.82 Å². The maximum atomic E-state index is 12.6. The maximum absolute atomic E-state index is 12.6. The van der Waals surface area contributed by atoms with E-state index in [0.29, 0.717) is 23.9 Å². The highest BCUT2D eigenvalue weighted by Gasteiger charge is 2.33. The first-order chi connectivity index (χ1) is 16.1. The van der Waals surface area contributed by atoms with E-state index >= 15 is 0 Å². The van der Waals surface area contributed by atoms with Crippen molar-refractivity contribution >= 4 is 33.3 Å². The first-order valence-corrected chi connectivity index (χ1v) is 12.5. The molecule has 0 amide bonds. The van der Waals surface area contributed by atoms with Crippen LogP contribution >= 0.6 is 11.3 Å². The molecule has 1 aromatic carbocycles. The van der Waals surface area contributed by atoms with Gasteiger partial charge < -0.3 is 14.8 Å². The van der Waals surface area contributed by atoms with Gasteiger partial charge in [0.1, 0.15) is 21.3 Å². The Bertz CT molecular complexity index is 1120. The molecule has 0 bridgehead atoms. The number of fused-ring (bicyclic) bond motifs is 1. The molecule has 0 radical (unpaired) electrons. The average molecular weight is 467 g/mol.